The molecule has 3 N–H and O–H groups in total. The molecule has 0 radical (unpaired) electrons. The number of hydrogen-bond acceptors (Lipinski definition) is 2. The van der Waals surface area contributed by atoms with E-state index in [1.807, 2.05) is 18.2 Å². The molecule has 2 rings (SSSR count). The molecule has 0 spiro atoms. The van der Waals surface area contributed by atoms with Crippen molar-refractivity contribution in [3.05, 3.63) is 28.2 Å². The summed E-state index contributed by atoms with van der Waals surface area (Å²) in [5.74, 6) is 0. The molecular formula is C12H16BrNO. The van der Waals surface area contributed by atoms with Crippen LogP contribution in [0.5, 0.6) is 0 Å². The molecule has 3 heteroatoms. The van der Waals surface area contributed by atoms with Gasteiger partial charge in [-0.2, -0.15) is 0 Å². The van der Waals surface area contributed by atoms with E-state index in [0.717, 1.165) is 35.7 Å². The van der Waals surface area contributed by atoms with Crippen LogP contribution in [0, 0.1) is 0 Å². The quantitative estimate of drug-likeness (QED) is 0.770. The fourth-order valence-electron chi connectivity index (χ4n) is 2.34. The van der Waals surface area contributed by atoms with Gasteiger partial charge in [-0.1, -0.05) is 35.2 Å². The molecule has 0 aromatic heterocycles. The molecule has 82 valence electrons. The van der Waals surface area contributed by atoms with E-state index in [4.69, 9.17) is 5.73 Å². The largest absolute Gasteiger partial charge is 0.398 e. The fraction of sp³-hybridized carbons (Fsp3) is 0.500. The molecule has 0 heterocycles. The second-order valence-corrected chi connectivity index (χ2v) is 5.24. The number of rotatable bonds is 1. The fourth-order valence-corrected chi connectivity index (χ4v) is 2.70. The highest BCUT2D eigenvalue weighted by atomic mass is 79.9. The van der Waals surface area contributed by atoms with Crippen LogP contribution in [0.15, 0.2) is 22.7 Å². The average molecular weight is 270 g/mol. The van der Waals surface area contributed by atoms with Crippen molar-refractivity contribution >= 4 is 21.6 Å². The first-order valence-electron chi connectivity index (χ1n) is 5.40. The van der Waals surface area contributed by atoms with Gasteiger partial charge >= 0.3 is 0 Å². The number of aliphatic hydroxyl groups is 1. The molecule has 0 amide bonds. The van der Waals surface area contributed by atoms with E-state index < -0.39 is 5.60 Å². The predicted octanol–water partition coefficient (Wildman–Crippen LogP) is 3.18. The summed E-state index contributed by atoms with van der Waals surface area (Å²) in [4.78, 5) is 0. The van der Waals surface area contributed by atoms with Crippen LogP contribution in [0.2, 0.25) is 0 Å². The maximum atomic E-state index is 10.5. The Morgan fingerprint density at radius 2 is 1.87 bits per heavy atom. The summed E-state index contributed by atoms with van der Waals surface area (Å²) in [6, 6.07) is 5.71. The van der Waals surface area contributed by atoms with Gasteiger partial charge in [-0.3, -0.25) is 0 Å². The minimum absolute atomic E-state index is 0.697. The number of anilines is 1. The van der Waals surface area contributed by atoms with E-state index >= 15 is 0 Å². The van der Waals surface area contributed by atoms with Gasteiger partial charge in [0.25, 0.3) is 0 Å². The third kappa shape index (κ3) is 2.18. The minimum atomic E-state index is -0.702. The van der Waals surface area contributed by atoms with E-state index in [-0.39, 0.29) is 0 Å². The van der Waals surface area contributed by atoms with Crippen LogP contribution < -0.4 is 5.73 Å². The Bertz CT molecular complexity index is 359. The normalized spacial score (nSPS) is 20.1. The molecule has 0 bridgehead atoms. The topological polar surface area (TPSA) is 46.2 Å². The number of nitrogen functional groups attached to an aromatic ring is 1. The molecule has 1 aromatic carbocycles. The van der Waals surface area contributed by atoms with Crippen LogP contribution in [-0.2, 0) is 5.60 Å². The highest BCUT2D eigenvalue weighted by molar-refractivity contribution is 9.10. The zero-order chi connectivity index (χ0) is 10.9. The lowest BCUT2D eigenvalue weighted by Gasteiger charge is -2.33. The summed E-state index contributed by atoms with van der Waals surface area (Å²) in [6.07, 6.45) is 5.04. The van der Waals surface area contributed by atoms with Crippen LogP contribution in [0.1, 0.15) is 37.7 Å². The lowest BCUT2D eigenvalue weighted by molar-refractivity contribution is 0.0000343. The van der Waals surface area contributed by atoms with E-state index in [9.17, 15) is 5.11 Å². The average Bonchev–Trinajstić information content (AvgIpc) is 2.23. The zero-order valence-corrected chi connectivity index (χ0v) is 10.3. The summed E-state index contributed by atoms with van der Waals surface area (Å²) < 4.78 is 0.977. The van der Waals surface area contributed by atoms with Crippen LogP contribution >= 0.6 is 15.9 Å². The Morgan fingerprint density at radius 3 is 2.53 bits per heavy atom. The van der Waals surface area contributed by atoms with Crippen LogP contribution in [0.3, 0.4) is 0 Å². The van der Waals surface area contributed by atoms with Crippen molar-refractivity contribution in [2.45, 2.75) is 37.7 Å². The van der Waals surface area contributed by atoms with Crippen LogP contribution in [0.25, 0.3) is 0 Å². The lowest BCUT2D eigenvalue weighted by Crippen LogP contribution is -2.29. The minimum Gasteiger partial charge on any atom is -0.398 e. The number of hydrogen-bond donors (Lipinski definition) is 2. The SMILES string of the molecule is Nc1ccc(Br)cc1C1(O)CCCCC1. The smallest absolute Gasteiger partial charge is 0.0916 e. The van der Waals surface area contributed by atoms with Gasteiger partial charge in [-0.05, 0) is 31.0 Å². The third-order valence-electron chi connectivity index (χ3n) is 3.20. The standard InChI is InChI=1S/C12H16BrNO/c13-9-4-5-11(14)10(8-9)12(15)6-2-1-3-7-12/h4-5,8,15H,1-3,6-7,14H2. The van der Waals surface area contributed by atoms with E-state index in [0.29, 0.717) is 5.69 Å². The van der Waals surface area contributed by atoms with Gasteiger partial charge in [0.05, 0.1) is 5.60 Å². The molecule has 2 nitrogen and oxygen atoms in total. The summed E-state index contributed by atoms with van der Waals surface area (Å²) in [5.41, 5.74) is 6.80. The molecule has 1 aromatic rings. The Hall–Kier alpha value is -0.540. The molecule has 1 fully saturated rings. The Morgan fingerprint density at radius 1 is 1.20 bits per heavy atom. The second kappa shape index (κ2) is 4.14. The number of nitrogens with two attached hydrogens (primary N) is 1. The summed E-state index contributed by atoms with van der Waals surface area (Å²) >= 11 is 3.42. The highest BCUT2D eigenvalue weighted by Crippen LogP contribution is 2.40. The van der Waals surface area contributed by atoms with Crippen molar-refractivity contribution in [1.29, 1.82) is 0 Å². The zero-order valence-electron chi connectivity index (χ0n) is 8.67. The van der Waals surface area contributed by atoms with E-state index in [1.54, 1.807) is 0 Å². The monoisotopic (exact) mass is 269 g/mol. The molecule has 0 aliphatic heterocycles. The van der Waals surface area contributed by atoms with Crippen molar-refractivity contribution in [2.75, 3.05) is 5.73 Å². The lowest BCUT2D eigenvalue weighted by atomic mass is 9.79. The van der Waals surface area contributed by atoms with Gasteiger partial charge < -0.3 is 10.8 Å². The number of benzene rings is 1. The Labute approximate surface area is 98.6 Å². The molecule has 0 atom stereocenters. The summed E-state index contributed by atoms with van der Waals surface area (Å²) in [5, 5.41) is 10.5. The van der Waals surface area contributed by atoms with Crippen LogP contribution in [-0.4, -0.2) is 5.11 Å². The van der Waals surface area contributed by atoms with Gasteiger partial charge in [-0.25, -0.2) is 0 Å². The van der Waals surface area contributed by atoms with Gasteiger partial charge in [0, 0.05) is 15.7 Å². The van der Waals surface area contributed by atoms with E-state index in [1.165, 1.54) is 6.42 Å². The van der Waals surface area contributed by atoms with E-state index in [2.05, 4.69) is 15.9 Å². The van der Waals surface area contributed by atoms with Crippen molar-refractivity contribution < 1.29 is 5.11 Å². The molecule has 0 unspecified atom stereocenters. The van der Waals surface area contributed by atoms with Gasteiger partial charge in [0.15, 0.2) is 0 Å². The maximum absolute atomic E-state index is 10.5. The molecule has 0 saturated heterocycles. The summed E-state index contributed by atoms with van der Waals surface area (Å²) in [7, 11) is 0. The van der Waals surface area contributed by atoms with Gasteiger partial charge in [-0.15, -0.1) is 0 Å². The maximum Gasteiger partial charge on any atom is 0.0916 e. The van der Waals surface area contributed by atoms with Crippen LogP contribution in [0.4, 0.5) is 5.69 Å². The third-order valence-corrected chi connectivity index (χ3v) is 3.69. The molecule has 1 saturated carbocycles. The highest BCUT2D eigenvalue weighted by Gasteiger charge is 2.32. The molecular weight excluding hydrogens is 254 g/mol. The van der Waals surface area contributed by atoms with Gasteiger partial charge in [0.2, 0.25) is 0 Å². The predicted molar refractivity (Wildman–Crippen MR) is 65.5 cm³/mol. The van der Waals surface area contributed by atoms with Crippen molar-refractivity contribution in [3.63, 3.8) is 0 Å². The first kappa shape index (κ1) is 11.0. The molecule has 15 heavy (non-hydrogen) atoms. The Kier molecular flexibility index (Phi) is 3.03. The summed E-state index contributed by atoms with van der Waals surface area (Å²) in [6.45, 7) is 0. The first-order chi connectivity index (χ1) is 7.12. The molecule has 1 aliphatic carbocycles. The number of halogens is 1. The second-order valence-electron chi connectivity index (χ2n) is 4.32. The van der Waals surface area contributed by atoms with Gasteiger partial charge in [0.1, 0.15) is 0 Å². The van der Waals surface area contributed by atoms with Crippen molar-refractivity contribution in [3.8, 4) is 0 Å². The van der Waals surface area contributed by atoms with Crippen molar-refractivity contribution in [1.82, 2.24) is 0 Å². The van der Waals surface area contributed by atoms with Crippen molar-refractivity contribution in [2.24, 2.45) is 0 Å². The Balaban J connectivity index is 2.38. The first-order valence-corrected chi connectivity index (χ1v) is 6.19. The molecule has 1 aliphatic rings.